The van der Waals surface area contributed by atoms with Crippen LogP contribution >= 0.6 is 15.9 Å². The van der Waals surface area contributed by atoms with E-state index in [9.17, 15) is 13.6 Å². The number of aromatic nitrogens is 2. The average molecular weight is 428 g/mol. The molecule has 0 aliphatic heterocycles. The van der Waals surface area contributed by atoms with Crippen molar-refractivity contribution in [3.8, 4) is 0 Å². The molecule has 5 aliphatic carbocycles. The lowest BCUT2D eigenvalue weighted by Gasteiger charge is -2.56. The summed E-state index contributed by atoms with van der Waals surface area (Å²) in [5, 5.41) is 7.38. The van der Waals surface area contributed by atoms with E-state index in [2.05, 4.69) is 26.3 Å². The van der Waals surface area contributed by atoms with Gasteiger partial charge in [-0.15, -0.1) is 0 Å². The smallest absolute Gasteiger partial charge is 0.283 e. The van der Waals surface area contributed by atoms with Gasteiger partial charge >= 0.3 is 0 Å². The molecule has 1 N–H and O–H groups in total. The van der Waals surface area contributed by atoms with E-state index < -0.39 is 6.43 Å². The Labute approximate surface area is 160 Å². The van der Waals surface area contributed by atoms with E-state index in [0.717, 1.165) is 55.6 Å². The first-order valence-corrected chi connectivity index (χ1v) is 10.6. The van der Waals surface area contributed by atoms with Crippen molar-refractivity contribution in [3.05, 3.63) is 15.9 Å². The van der Waals surface area contributed by atoms with Gasteiger partial charge < -0.3 is 5.32 Å². The highest BCUT2D eigenvalue weighted by Crippen LogP contribution is 2.55. The Bertz CT molecular complexity index is 708. The molecular formula is C19H24BrF2N3O. The largest absolute Gasteiger partial charge is 0.349 e. The Morgan fingerprint density at radius 1 is 1.19 bits per heavy atom. The molecule has 1 amide bonds. The Morgan fingerprint density at radius 3 is 2.27 bits per heavy atom. The Kier molecular flexibility index (Phi) is 3.96. The lowest BCUT2D eigenvalue weighted by atomic mass is 9.53. The maximum atomic E-state index is 13.2. The standard InChI is InChI=1S/C19H24BrF2N3O/c20-15-16(18(21)22)24-25(17(15)13-1-2-13)9-14(26)23-19-6-10-3-11(7-19)5-12(4-10)8-19/h10-13,18H,1-9H2,(H,23,26). The number of nitrogens with one attached hydrogen (secondary N) is 1. The van der Waals surface area contributed by atoms with Crippen molar-refractivity contribution in [2.75, 3.05) is 0 Å². The van der Waals surface area contributed by atoms with Gasteiger partial charge in [0.15, 0.2) is 0 Å². The summed E-state index contributed by atoms with van der Waals surface area (Å²) in [4.78, 5) is 12.8. The first-order chi connectivity index (χ1) is 12.4. The second-order valence-electron chi connectivity index (χ2n) is 9.06. The molecule has 0 radical (unpaired) electrons. The fourth-order valence-electron chi connectivity index (χ4n) is 6.21. The van der Waals surface area contributed by atoms with Gasteiger partial charge in [-0.05, 0) is 85.1 Å². The van der Waals surface area contributed by atoms with E-state index in [0.29, 0.717) is 4.47 Å². The number of nitrogens with zero attached hydrogens (tertiary/aromatic N) is 2. The van der Waals surface area contributed by atoms with Gasteiger partial charge in [-0.25, -0.2) is 8.78 Å². The second kappa shape index (κ2) is 6.01. The van der Waals surface area contributed by atoms with Crippen LogP contribution in [0.4, 0.5) is 8.78 Å². The monoisotopic (exact) mass is 427 g/mol. The molecule has 4 nitrogen and oxygen atoms in total. The van der Waals surface area contributed by atoms with Crippen LogP contribution in [0.1, 0.15) is 75.1 Å². The van der Waals surface area contributed by atoms with Crippen molar-refractivity contribution in [2.24, 2.45) is 17.8 Å². The third kappa shape index (κ3) is 2.90. The molecule has 1 aromatic heterocycles. The molecule has 7 heteroatoms. The maximum Gasteiger partial charge on any atom is 0.283 e. The number of hydrogen-bond donors (Lipinski definition) is 1. The normalized spacial score (nSPS) is 35.3. The van der Waals surface area contributed by atoms with Crippen LogP contribution in [-0.2, 0) is 11.3 Å². The summed E-state index contributed by atoms with van der Waals surface area (Å²) in [5.74, 6) is 2.44. The maximum absolute atomic E-state index is 13.2. The molecule has 0 spiro atoms. The van der Waals surface area contributed by atoms with Crippen LogP contribution in [0.3, 0.4) is 0 Å². The van der Waals surface area contributed by atoms with E-state index in [-0.39, 0.29) is 29.6 Å². The van der Waals surface area contributed by atoms with E-state index in [1.165, 1.54) is 23.9 Å². The fraction of sp³-hybridized carbons (Fsp3) is 0.789. The van der Waals surface area contributed by atoms with Crippen molar-refractivity contribution >= 4 is 21.8 Å². The fourth-order valence-corrected chi connectivity index (χ4v) is 6.99. The van der Waals surface area contributed by atoms with Crippen LogP contribution < -0.4 is 5.32 Å². The summed E-state index contributed by atoms with van der Waals surface area (Å²) < 4.78 is 28.3. The first-order valence-electron chi connectivity index (χ1n) is 9.78. The lowest BCUT2D eigenvalue weighted by Crippen LogP contribution is -2.60. The molecule has 5 fully saturated rings. The second-order valence-corrected chi connectivity index (χ2v) is 9.86. The van der Waals surface area contributed by atoms with Crippen molar-refractivity contribution in [2.45, 2.75) is 75.8 Å². The van der Waals surface area contributed by atoms with Crippen molar-refractivity contribution in [1.82, 2.24) is 15.1 Å². The average Bonchev–Trinajstić information content (AvgIpc) is 3.29. The molecule has 6 rings (SSSR count). The van der Waals surface area contributed by atoms with E-state index in [1.807, 2.05) is 0 Å². The summed E-state index contributed by atoms with van der Waals surface area (Å²) in [6.07, 6.45) is 6.56. The molecule has 0 atom stereocenters. The summed E-state index contributed by atoms with van der Waals surface area (Å²) in [6.45, 7) is 0.0406. The highest BCUT2D eigenvalue weighted by molar-refractivity contribution is 9.10. The predicted molar refractivity (Wildman–Crippen MR) is 95.9 cm³/mol. The summed E-state index contributed by atoms with van der Waals surface area (Å²) >= 11 is 3.29. The zero-order valence-corrected chi connectivity index (χ0v) is 16.3. The lowest BCUT2D eigenvalue weighted by molar-refractivity contribution is -0.127. The van der Waals surface area contributed by atoms with Crippen molar-refractivity contribution < 1.29 is 13.6 Å². The van der Waals surface area contributed by atoms with Gasteiger partial charge in [-0.1, -0.05) is 0 Å². The third-order valence-electron chi connectivity index (χ3n) is 6.86. The third-order valence-corrected chi connectivity index (χ3v) is 7.68. The predicted octanol–water partition coefficient (Wildman–Crippen LogP) is 4.55. The molecule has 26 heavy (non-hydrogen) atoms. The van der Waals surface area contributed by atoms with E-state index in [4.69, 9.17) is 0 Å². The molecule has 0 aromatic carbocycles. The number of alkyl halides is 2. The molecule has 0 unspecified atom stereocenters. The summed E-state index contributed by atoms with van der Waals surface area (Å²) in [5.41, 5.74) is 0.470. The van der Waals surface area contributed by atoms with Crippen molar-refractivity contribution in [3.63, 3.8) is 0 Å². The van der Waals surface area contributed by atoms with Crippen LogP contribution in [0.5, 0.6) is 0 Å². The molecule has 4 bridgehead atoms. The van der Waals surface area contributed by atoms with E-state index in [1.54, 1.807) is 0 Å². The minimum Gasteiger partial charge on any atom is -0.349 e. The molecular weight excluding hydrogens is 404 g/mol. The summed E-state index contributed by atoms with van der Waals surface area (Å²) in [7, 11) is 0. The zero-order chi connectivity index (χ0) is 18.1. The number of carbonyl (C=O) groups excluding carboxylic acids is 1. The Morgan fingerprint density at radius 2 is 1.77 bits per heavy atom. The Balaban J connectivity index is 1.34. The SMILES string of the molecule is O=C(Cn1nc(C(F)F)c(Br)c1C1CC1)NC12CC3CC(CC(C3)C1)C2. The van der Waals surface area contributed by atoms with Gasteiger partial charge in [0, 0.05) is 11.5 Å². The molecule has 0 saturated heterocycles. The Hall–Kier alpha value is -0.980. The first kappa shape index (κ1) is 17.1. The molecule has 5 saturated carbocycles. The van der Waals surface area contributed by atoms with Crippen LogP contribution in [0.15, 0.2) is 4.47 Å². The van der Waals surface area contributed by atoms with Crippen LogP contribution in [0.2, 0.25) is 0 Å². The molecule has 1 heterocycles. The van der Waals surface area contributed by atoms with Crippen LogP contribution in [0, 0.1) is 17.8 Å². The van der Waals surface area contributed by atoms with Gasteiger partial charge in [0.25, 0.3) is 6.43 Å². The number of halogens is 3. The highest BCUT2D eigenvalue weighted by Gasteiger charge is 2.51. The molecule has 142 valence electrons. The highest BCUT2D eigenvalue weighted by atomic mass is 79.9. The van der Waals surface area contributed by atoms with E-state index >= 15 is 0 Å². The molecule has 1 aromatic rings. The topological polar surface area (TPSA) is 46.9 Å². The van der Waals surface area contributed by atoms with Gasteiger partial charge in [0.1, 0.15) is 12.2 Å². The van der Waals surface area contributed by atoms with Crippen LogP contribution in [0.25, 0.3) is 0 Å². The van der Waals surface area contributed by atoms with Gasteiger partial charge in [0.05, 0.1) is 10.2 Å². The summed E-state index contributed by atoms with van der Waals surface area (Å²) in [6, 6.07) is 0. The van der Waals surface area contributed by atoms with Crippen molar-refractivity contribution in [1.29, 1.82) is 0 Å². The number of amides is 1. The number of hydrogen-bond acceptors (Lipinski definition) is 2. The van der Waals surface area contributed by atoms with Gasteiger partial charge in [-0.2, -0.15) is 5.10 Å². The molecule has 5 aliphatic rings. The van der Waals surface area contributed by atoms with Crippen LogP contribution in [-0.4, -0.2) is 21.2 Å². The number of rotatable bonds is 5. The minimum absolute atomic E-state index is 0.0406. The van der Waals surface area contributed by atoms with Gasteiger partial charge in [-0.3, -0.25) is 9.48 Å². The zero-order valence-electron chi connectivity index (χ0n) is 14.7. The number of carbonyl (C=O) groups is 1. The minimum atomic E-state index is -2.63. The quantitative estimate of drug-likeness (QED) is 0.749. The van der Waals surface area contributed by atoms with Gasteiger partial charge in [0.2, 0.25) is 5.91 Å².